The van der Waals surface area contributed by atoms with Gasteiger partial charge >= 0.3 is 0 Å². The number of hydrogen-bond acceptors (Lipinski definition) is 6. The van der Waals surface area contributed by atoms with Gasteiger partial charge in [0.05, 0.1) is 31.8 Å². The molecule has 2 unspecified atom stereocenters. The number of epoxide rings is 2. The smallest absolute Gasteiger partial charge is 0.127 e. The van der Waals surface area contributed by atoms with Crippen molar-refractivity contribution < 1.29 is 28.4 Å². The highest BCUT2D eigenvalue weighted by atomic mass is 16.6. The minimum absolute atomic E-state index is 0.150. The Morgan fingerprint density at radius 1 is 0.711 bits per heavy atom. The molecule has 2 fully saturated rings. The molecule has 2 aromatic rings. The van der Waals surface area contributed by atoms with E-state index < -0.39 is 5.41 Å². The Labute approximate surface area is 268 Å². The maximum absolute atomic E-state index is 6.34. The number of allylic oxidation sites excluding steroid dienone is 10. The van der Waals surface area contributed by atoms with Crippen molar-refractivity contribution in [3.63, 3.8) is 0 Å². The predicted octanol–water partition coefficient (Wildman–Crippen LogP) is 7.57. The summed E-state index contributed by atoms with van der Waals surface area (Å²) in [4.78, 5) is 0. The van der Waals surface area contributed by atoms with Crippen LogP contribution in [0.1, 0.15) is 47.2 Å². The zero-order valence-electron chi connectivity index (χ0n) is 27.5. The van der Waals surface area contributed by atoms with Crippen LogP contribution >= 0.6 is 0 Å². The average molecular weight is 611 g/mol. The number of rotatable bonds is 16. The summed E-state index contributed by atoms with van der Waals surface area (Å²) >= 11 is 0. The molecule has 6 nitrogen and oxygen atoms in total. The zero-order chi connectivity index (χ0) is 32.1. The summed E-state index contributed by atoms with van der Waals surface area (Å²) in [7, 11) is 3.44. The van der Waals surface area contributed by atoms with E-state index in [2.05, 4.69) is 77.3 Å². The van der Waals surface area contributed by atoms with E-state index in [9.17, 15) is 0 Å². The lowest BCUT2D eigenvalue weighted by Gasteiger charge is -2.37. The van der Waals surface area contributed by atoms with Gasteiger partial charge in [-0.15, -0.1) is 0 Å². The fourth-order valence-corrected chi connectivity index (χ4v) is 6.48. The van der Waals surface area contributed by atoms with Crippen molar-refractivity contribution in [3.8, 4) is 11.5 Å². The van der Waals surface area contributed by atoms with Gasteiger partial charge in [0.1, 0.15) is 36.9 Å². The highest BCUT2D eigenvalue weighted by Crippen LogP contribution is 2.56. The fraction of sp³-hybridized carbons (Fsp3) is 0.385. The molecule has 45 heavy (non-hydrogen) atoms. The van der Waals surface area contributed by atoms with Crippen LogP contribution in [-0.2, 0) is 37.6 Å². The van der Waals surface area contributed by atoms with Gasteiger partial charge in [0, 0.05) is 25.3 Å². The molecule has 238 valence electrons. The third-order valence-electron chi connectivity index (χ3n) is 8.78. The Kier molecular flexibility index (Phi) is 10.3. The van der Waals surface area contributed by atoms with Crippen LogP contribution in [0.15, 0.2) is 96.2 Å². The van der Waals surface area contributed by atoms with Gasteiger partial charge in [0.2, 0.25) is 0 Å². The van der Waals surface area contributed by atoms with Crippen LogP contribution in [0.25, 0.3) is 0 Å². The van der Waals surface area contributed by atoms with Crippen LogP contribution in [-0.4, -0.2) is 52.9 Å². The summed E-state index contributed by atoms with van der Waals surface area (Å²) in [5, 5.41) is 0. The first-order valence-electron chi connectivity index (χ1n) is 15.6. The van der Waals surface area contributed by atoms with E-state index in [1.807, 2.05) is 24.3 Å². The molecule has 1 aliphatic carbocycles. The van der Waals surface area contributed by atoms with Gasteiger partial charge in [-0.2, -0.15) is 0 Å². The summed E-state index contributed by atoms with van der Waals surface area (Å²) in [6.07, 6.45) is 12.4. The van der Waals surface area contributed by atoms with E-state index in [0.29, 0.717) is 26.4 Å². The van der Waals surface area contributed by atoms with Crippen LogP contribution in [0.3, 0.4) is 0 Å². The van der Waals surface area contributed by atoms with Crippen LogP contribution in [0, 0.1) is 13.8 Å². The fourth-order valence-electron chi connectivity index (χ4n) is 6.48. The molecule has 2 aliphatic heterocycles. The van der Waals surface area contributed by atoms with Crippen LogP contribution in [0.5, 0.6) is 11.5 Å². The molecule has 2 atom stereocenters. The van der Waals surface area contributed by atoms with Crippen molar-refractivity contribution in [1.82, 2.24) is 0 Å². The molecule has 0 amide bonds. The number of benzene rings is 2. The summed E-state index contributed by atoms with van der Waals surface area (Å²) in [6, 6.07) is 9.01. The first-order valence-corrected chi connectivity index (χ1v) is 15.6. The first-order chi connectivity index (χ1) is 21.8. The topological polar surface area (TPSA) is 62.0 Å². The molecular formula is C39H46O6. The lowest BCUT2D eigenvalue weighted by Crippen LogP contribution is -2.31. The van der Waals surface area contributed by atoms with E-state index in [4.69, 9.17) is 28.4 Å². The normalized spacial score (nSPS) is 20.4. The second kappa shape index (κ2) is 14.2. The second-order valence-corrected chi connectivity index (χ2v) is 12.0. The Hall–Kier alpha value is -3.68. The minimum atomic E-state index is -0.677. The molecule has 2 heterocycles. The standard InChI is InChI=1S/C39H46O6/c1-9-11-13-35-27(5)28(6)36(14-12-10-2)39(35,31-15-25(3)37(29(17-31)19-40-7)44-23-33-21-42-33)32-16-26(4)38(30(18-32)20-41-8)45-24-34-22-43-34/h9-18,33-34H,1-2,19-24H2,3-8H3/b13-11-,14-12-. The molecule has 0 radical (unpaired) electrons. The van der Waals surface area contributed by atoms with Gasteiger partial charge in [0.15, 0.2) is 0 Å². The summed E-state index contributed by atoms with van der Waals surface area (Å²) in [5.74, 6) is 1.69. The van der Waals surface area contributed by atoms with E-state index in [1.54, 1.807) is 14.2 Å². The Morgan fingerprint density at radius 3 is 1.44 bits per heavy atom. The van der Waals surface area contributed by atoms with Gasteiger partial charge in [-0.1, -0.05) is 61.7 Å². The Bertz CT molecular complexity index is 1450. The quantitative estimate of drug-likeness (QED) is 0.144. The van der Waals surface area contributed by atoms with E-state index in [1.165, 1.54) is 22.3 Å². The number of aryl methyl sites for hydroxylation is 2. The molecule has 0 N–H and O–H groups in total. The number of methoxy groups -OCH3 is 2. The maximum atomic E-state index is 6.34. The van der Waals surface area contributed by atoms with Crippen molar-refractivity contribution in [2.24, 2.45) is 0 Å². The van der Waals surface area contributed by atoms with Crippen LogP contribution < -0.4 is 9.47 Å². The van der Waals surface area contributed by atoms with E-state index >= 15 is 0 Å². The van der Waals surface area contributed by atoms with E-state index in [0.717, 1.165) is 58.1 Å². The monoisotopic (exact) mass is 610 g/mol. The van der Waals surface area contributed by atoms with Gasteiger partial charge in [-0.3, -0.25) is 0 Å². The number of ether oxygens (including phenoxy) is 6. The summed E-state index contributed by atoms with van der Waals surface area (Å²) < 4.78 is 35.0. The lowest BCUT2D eigenvalue weighted by atomic mass is 9.64. The zero-order valence-corrected chi connectivity index (χ0v) is 27.5. The SMILES string of the molecule is C=C/C=C\C1=C(C)C(C)=C(/C=C\C=C)C1(c1cc(C)c(OCC2CO2)c(COC)c1)c1cc(C)c(OCC2CO2)c(COC)c1. The van der Waals surface area contributed by atoms with Crippen molar-refractivity contribution in [2.75, 3.05) is 40.6 Å². The highest BCUT2D eigenvalue weighted by molar-refractivity contribution is 5.74. The third-order valence-corrected chi connectivity index (χ3v) is 8.78. The first kappa shape index (κ1) is 32.7. The Balaban J connectivity index is 1.82. The molecule has 0 aromatic heterocycles. The van der Waals surface area contributed by atoms with E-state index in [-0.39, 0.29) is 12.2 Å². The largest absolute Gasteiger partial charge is 0.490 e. The molecule has 0 bridgehead atoms. The molecule has 2 saturated heterocycles. The second-order valence-electron chi connectivity index (χ2n) is 12.0. The van der Waals surface area contributed by atoms with Crippen LogP contribution in [0.2, 0.25) is 0 Å². The molecule has 5 rings (SSSR count). The Morgan fingerprint density at radius 2 is 1.11 bits per heavy atom. The van der Waals surface area contributed by atoms with Gasteiger partial charge in [0.25, 0.3) is 0 Å². The van der Waals surface area contributed by atoms with Gasteiger partial charge in [-0.05, 0) is 84.4 Å². The van der Waals surface area contributed by atoms with Gasteiger partial charge in [-0.25, -0.2) is 0 Å². The maximum Gasteiger partial charge on any atom is 0.127 e. The minimum Gasteiger partial charge on any atom is -0.490 e. The summed E-state index contributed by atoms with van der Waals surface area (Å²) in [6.45, 7) is 20.0. The highest BCUT2D eigenvalue weighted by Gasteiger charge is 2.47. The molecule has 6 heteroatoms. The predicted molar refractivity (Wildman–Crippen MR) is 179 cm³/mol. The summed E-state index contributed by atoms with van der Waals surface area (Å²) in [5.41, 5.74) is 10.4. The molecule has 0 spiro atoms. The van der Waals surface area contributed by atoms with Crippen LogP contribution in [0.4, 0.5) is 0 Å². The van der Waals surface area contributed by atoms with Crippen molar-refractivity contribution in [2.45, 2.75) is 58.5 Å². The molecular weight excluding hydrogens is 564 g/mol. The third kappa shape index (κ3) is 6.66. The average Bonchev–Trinajstić information content (AvgIpc) is 3.95. The molecule has 3 aliphatic rings. The number of hydrogen-bond donors (Lipinski definition) is 0. The van der Waals surface area contributed by atoms with Crippen molar-refractivity contribution in [3.05, 3.63) is 130 Å². The molecule has 2 aromatic carbocycles. The molecule has 0 saturated carbocycles. The van der Waals surface area contributed by atoms with Gasteiger partial charge < -0.3 is 28.4 Å². The lowest BCUT2D eigenvalue weighted by molar-refractivity contribution is 0.177. The van der Waals surface area contributed by atoms with Crippen molar-refractivity contribution in [1.29, 1.82) is 0 Å². The van der Waals surface area contributed by atoms with Crippen molar-refractivity contribution >= 4 is 0 Å².